The molecule has 1 fully saturated rings. The minimum Gasteiger partial charge on any atom is -0.490 e. The van der Waals surface area contributed by atoms with Crippen molar-refractivity contribution in [3.63, 3.8) is 0 Å². The summed E-state index contributed by atoms with van der Waals surface area (Å²) < 4.78 is 67.5. The van der Waals surface area contributed by atoms with Crippen molar-refractivity contribution in [1.82, 2.24) is 4.31 Å². The summed E-state index contributed by atoms with van der Waals surface area (Å²) in [5.74, 6) is -0.474. The Balaban J connectivity index is 1.74. The normalized spacial score (nSPS) is 15.0. The Labute approximate surface area is 197 Å². The number of halogens is 2. The summed E-state index contributed by atoms with van der Waals surface area (Å²) in [5.41, 5.74) is 1.41. The van der Waals surface area contributed by atoms with E-state index in [9.17, 15) is 22.0 Å². The van der Waals surface area contributed by atoms with Crippen LogP contribution in [0.15, 0.2) is 47.4 Å². The van der Waals surface area contributed by atoms with Gasteiger partial charge in [-0.15, -0.1) is 0 Å². The van der Waals surface area contributed by atoms with Crippen molar-refractivity contribution in [3.05, 3.63) is 53.6 Å². The number of carbonyl (C=O) groups is 1. The van der Waals surface area contributed by atoms with Crippen molar-refractivity contribution in [2.24, 2.45) is 0 Å². The van der Waals surface area contributed by atoms with Gasteiger partial charge < -0.3 is 19.5 Å². The van der Waals surface area contributed by atoms with Gasteiger partial charge in [0.25, 0.3) is 0 Å². The maximum Gasteiger partial charge on any atom is 0.387 e. The van der Waals surface area contributed by atoms with Crippen LogP contribution in [0.3, 0.4) is 0 Å². The molecule has 1 heterocycles. The molecule has 184 valence electrons. The highest BCUT2D eigenvalue weighted by molar-refractivity contribution is 7.89. The maximum absolute atomic E-state index is 13.0. The van der Waals surface area contributed by atoms with Crippen LogP contribution < -0.4 is 14.8 Å². The molecule has 0 radical (unpaired) electrons. The smallest absolute Gasteiger partial charge is 0.387 e. The lowest BCUT2D eigenvalue weighted by molar-refractivity contribution is -0.111. The lowest BCUT2D eigenvalue weighted by Gasteiger charge is -2.26. The van der Waals surface area contributed by atoms with E-state index >= 15 is 0 Å². The molecule has 8 nitrogen and oxygen atoms in total. The predicted molar refractivity (Wildman–Crippen MR) is 123 cm³/mol. The largest absolute Gasteiger partial charge is 0.490 e. The number of hydrogen-bond acceptors (Lipinski definition) is 6. The average Bonchev–Trinajstić information content (AvgIpc) is 2.81. The molecule has 0 aromatic heterocycles. The molecule has 34 heavy (non-hydrogen) atoms. The van der Waals surface area contributed by atoms with Crippen molar-refractivity contribution < 1.29 is 36.2 Å². The summed E-state index contributed by atoms with van der Waals surface area (Å²) in [7, 11) is -3.72. The summed E-state index contributed by atoms with van der Waals surface area (Å²) in [6, 6.07) is 8.98. The predicted octanol–water partition coefficient (Wildman–Crippen LogP) is 3.67. The number of sulfonamides is 1. The molecule has 0 atom stereocenters. The van der Waals surface area contributed by atoms with E-state index in [4.69, 9.17) is 9.47 Å². The molecule has 0 aliphatic carbocycles. The number of hydrogen-bond donors (Lipinski definition) is 1. The summed E-state index contributed by atoms with van der Waals surface area (Å²) in [6.07, 6.45) is 2.72. The molecule has 0 bridgehead atoms. The number of nitrogens with zero attached hydrogens (tertiary/aromatic N) is 1. The first-order chi connectivity index (χ1) is 16.2. The Hall–Kier alpha value is -3.02. The minimum atomic E-state index is -3.72. The molecule has 1 N–H and O–H groups in total. The van der Waals surface area contributed by atoms with Gasteiger partial charge >= 0.3 is 6.61 Å². The zero-order chi connectivity index (χ0) is 24.7. The minimum absolute atomic E-state index is 0.105. The monoisotopic (exact) mass is 496 g/mol. The Kier molecular flexibility index (Phi) is 8.59. The van der Waals surface area contributed by atoms with Gasteiger partial charge in [-0.2, -0.15) is 13.1 Å². The quantitative estimate of drug-likeness (QED) is 0.533. The number of nitrogens with one attached hydrogen (secondary N) is 1. The van der Waals surface area contributed by atoms with Gasteiger partial charge in [-0.1, -0.05) is 12.1 Å². The lowest BCUT2D eigenvalue weighted by atomic mass is 10.2. The van der Waals surface area contributed by atoms with Crippen LogP contribution in [0.4, 0.5) is 14.5 Å². The molecule has 0 spiro atoms. The van der Waals surface area contributed by atoms with Crippen LogP contribution in [0.25, 0.3) is 6.08 Å². The highest BCUT2D eigenvalue weighted by Crippen LogP contribution is 2.30. The highest BCUT2D eigenvalue weighted by Gasteiger charge is 2.28. The van der Waals surface area contributed by atoms with Crippen molar-refractivity contribution >= 4 is 27.7 Å². The number of alkyl halides is 2. The summed E-state index contributed by atoms with van der Waals surface area (Å²) >= 11 is 0. The van der Waals surface area contributed by atoms with E-state index in [0.29, 0.717) is 30.0 Å². The van der Waals surface area contributed by atoms with Crippen molar-refractivity contribution in [1.29, 1.82) is 0 Å². The summed E-state index contributed by atoms with van der Waals surface area (Å²) in [5, 5.41) is 2.64. The van der Waals surface area contributed by atoms with Gasteiger partial charge in [-0.3, -0.25) is 4.79 Å². The second-order valence-corrected chi connectivity index (χ2v) is 9.24. The zero-order valence-corrected chi connectivity index (χ0v) is 19.6. The molecule has 1 aliphatic heterocycles. The number of carbonyl (C=O) groups excluding carboxylic acids is 1. The second kappa shape index (κ2) is 11.4. The van der Waals surface area contributed by atoms with Crippen LogP contribution in [-0.4, -0.2) is 58.2 Å². The molecule has 2 aromatic rings. The number of ether oxygens (including phenoxy) is 3. The van der Waals surface area contributed by atoms with Crippen LogP contribution in [0, 0.1) is 6.92 Å². The topological polar surface area (TPSA) is 94.2 Å². The Morgan fingerprint density at radius 3 is 2.59 bits per heavy atom. The van der Waals surface area contributed by atoms with Gasteiger partial charge in [-0.25, -0.2) is 8.42 Å². The van der Waals surface area contributed by atoms with E-state index in [-0.39, 0.29) is 36.1 Å². The highest BCUT2D eigenvalue weighted by atomic mass is 32.2. The molecule has 2 aromatic carbocycles. The summed E-state index contributed by atoms with van der Waals surface area (Å²) in [4.78, 5) is 12.5. The first-order valence-electron chi connectivity index (χ1n) is 10.6. The van der Waals surface area contributed by atoms with Crippen LogP contribution in [0.2, 0.25) is 0 Å². The standard InChI is InChI=1S/C23H26F2N2O6S/c1-3-32-20-14-17(5-8-19(20)33-23(24)25)6-9-22(28)26-18-7-4-16(2)21(15-18)34(29,30)27-10-12-31-13-11-27/h4-9,14-15,23H,3,10-13H2,1-2H3,(H,26,28)/b9-6+. The molecule has 1 aliphatic rings. The van der Waals surface area contributed by atoms with Crippen LogP contribution in [-0.2, 0) is 19.6 Å². The van der Waals surface area contributed by atoms with E-state index in [1.165, 1.54) is 40.7 Å². The van der Waals surface area contributed by atoms with E-state index in [2.05, 4.69) is 10.1 Å². The van der Waals surface area contributed by atoms with E-state index in [0.717, 1.165) is 0 Å². The Bertz CT molecular complexity index is 1150. The van der Waals surface area contributed by atoms with Gasteiger partial charge in [0.05, 0.1) is 24.7 Å². The fourth-order valence-corrected chi connectivity index (χ4v) is 4.99. The van der Waals surface area contributed by atoms with Crippen molar-refractivity contribution in [2.45, 2.75) is 25.4 Å². The second-order valence-electron chi connectivity index (χ2n) is 7.34. The number of amides is 1. The molecular weight excluding hydrogens is 470 g/mol. The lowest BCUT2D eigenvalue weighted by Crippen LogP contribution is -2.40. The average molecular weight is 497 g/mol. The Morgan fingerprint density at radius 1 is 1.18 bits per heavy atom. The molecular formula is C23H26F2N2O6S. The Morgan fingerprint density at radius 2 is 1.91 bits per heavy atom. The van der Waals surface area contributed by atoms with Crippen molar-refractivity contribution in [2.75, 3.05) is 38.2 Å². The van der Waals surface area contributed by atoms with Gasteiger partial charge in [0.15, 0.2) is 11.5 Å². The maximum atomic E-state index is 13.0. The molecule has 1 saturated heterocycles. The number of anilines is 1. The van der Waals surface area contributed by atoms with E-state index in [1.54, 1.807) is 26.0 Å². The first kappa shape index (κ1) is 25.6. The molecule has 0 unspecified atom stereocenters. The molecule has 3 rings (SSSR count). The van der Waals surface area contributed by atoms with Crippen molar-refractivity contribution in [3.8, 4) is 11.5 Å². The van der Waals surface area contributed by atoms with Gasteiger partial charge in [-0.05, 0) is 55.3 Å². The fraction of sp³-hybridized carbons (Fsp3) is 0.348. The third kappa shape index (κ3) is 6.52. The molecule has 11 heteroatoms. The first-order valence-corrected chi connectivity index (χ1v) is 12.0. The summed E-state index contributed by atoms with van der Waals surface area (Å²) in [6.45, 7) is 1.86. The van der Waals surface area contributed by atoms with Gasteiger partial charge in [0, 0.05) is 24.9 Å². The fourth-order valence-electron chi connectivity index (χ4n) is 3.33. The number of benzene rings is 2. The van der Waals surface area contributed by atoms with Crippen LogP contribution >= 0.6 is 0 Å². The molecule has 1 amide bonds. The van der Waals surface area contributed by atoms with Gasteiger partial charge in [0.2, 0.25) is 15.9 Å². The van der Waals surface area contributed by atoms with Gasteiger partial charge in [0.1, 0.15) is 0 Å². The number of aryl methyl sites for hydroxylation is 1. The number of rotatable bonds is 9. The molecule has 0 saturated carbocycles. The third-order valence-corrected chi connectivity index (χ3v) is 7.00. The van der Waals surface area contributed by atoms with E-state index in [1.807, 2.05) is 0 Å². The van der Waals surface area contributed by atoms with E-state index < -0.39 is 22.5 Å². The zero-order valence-electron chi connectivity index (χ0n) is 18.8. The third-order valence-electron chi connectivity index (χ3n) is 4.95. The number of morpholine rings is 1. The van der Waals surface area contributed by atoms with Crippen LogP contribution in [0.1, 0.15) is 18.1 Å². The van der Waals surface area contributed by atoms with Crippen LogP contribution in [0.5, 0.6) is 11.5 Å². The SMILES string of the molecule is CCOc1cc(/C=C/C(=O)Nc2ccc(C)c(S(=O)(=O)N3CCOCC3)c2)ccc1OC(F)F.